The highest BCUT2D eigenvalue weighted by molar-refractivity contribution is 5.89. The number of aromatic nitrogens is 3. The number of hydrogen-bond donors (Lipinski definition) is 0. The number of carbonyl (C=O) groups excluding carboxylic acids is 1. The predicted octanol–water partition coefficient (Wildman–Crippen LogP) is 3.25. The normalized spacial score (nSPS) is 10.7. The van der Waals surface area contributed by atoms with Crippen LogP contribution in [0.25, 0.3) is 0 Å². The van der Waals surface area contributed by atoms with Crippen molar-refractivity contribution in [3.8, 4) is 0 Å². The van der Waals surface area contributed by atoms with Gasteiger partial charge in [0.25, 0.3) is 0 Å². The number of carbonyl (C=O) groups is 1. The third-order valence-electron chi connectivity index (χ3n) is 3.94. The van der Waals surface area contributed by atoms with E-state index in [1.165, 1.54) is 0 Å². The summed E-state index contributed by atoms with van der Waals surface area (Å²) >= 11 is 0. The number of nitrogens with zero attached hydrogens (tertiary/aromatic N) is 4. The van der Waals surface area contributed by atoms with Gasteiger partial charge in [-0.1, -0.05) is 12.1 Å². The standard InChI is InChI=1S/C21H22N4O2/c1-2-27-21(26)17-9-12-24-20(13-17)16-25(14-18-7-3-5-10-22-18)15-19-8-4-6-11-23-19/h3-13H,2,14-16H2,1H3. The highest BCUT2D eigenvalue weighted by Gasteiger charge is 2.13. The van der Waals surface area contributed by atoms with Crippen LogP contribution in [-0.4, -0.2) is 32.4 Å². The zero-order valence-electron chi connectivity index (χ0n) is 15.3. The lowest BCUT2D eigenvalue weighted by atomic mass is 10.2. The van der Waals surface area contributed by atoms with E-state index >= 15 is 0 Å². The molecule has 0 bridgehead atoms. The molecule has 3 aromatic rings. The van der Waals surface area contributed by atoms with Crippen molar-refractivity contribution in [2.24, 2.45) is 0 Å². The minimum absolute atomic E-state index is 0.331. The zero-order valence-corrected chi connectivity index (χ0v) is 15.3. The average molecular weight is 362 g/mol. The van der Waals surface area contributed by atoms with Crippen LogP contribution in [0.3, 0.4) is 0 Å². The van der Waals surface area contributed by atoms with Crippen molar-refractivity contribution in [2.75, 3.05) is 6.61 Å². The summed E-state index contributed by atoms with van der Waals surface area (Å²) in [6.45, 7) is 4.02. The molecule has 0 saturated carbocycles. The van der Waals surface area contributed by atoms with Gasteiger partial charge in [0.15, 0.2) is 0 Å². The Kier molecular flexibility index (Phi) is 6.60. The first-order chi connectivity index (χ1) is 13.2. The zero-order chi connectivity index (χ0) is 18.9. The van der Waals surface area contributed by atoms with Crippen LogP contribution in [0.15, 0.2) is 67.1 Å². The molecule has 0 radical (unpaired) electrons. The molecule has 0 aliphatic heterocycles. The molecule has 0 fully saturated rings. The van der Waals surface area contributed by atoms with Gasteiger partial charge in [-0.3, -0.25) is 19.9 Å². The van der Waals surface area contributed by atoms with Crippen molar-refractivity contribution in [3.63, 3.8) is 0 Å². The molecule has 0 N–H and O–H groups in total. The lowest BCUT2D eigenvalue weighted by Crippen LogP contribution is -2.24. The van der Waals surface area contributed by atoms with Crippen molar-refractivity contribution in [1.29, 1.82) is 0 Å². The van der Waals surface area contributed by atoms with Gasteiger partial charge >= 0.3 is 5.97 Å². The average Bonchev–Trinajstić information content (AvgIpc) is 2.70. The smallest absolute Gasteiger partial charge is 0.338 e. The first-order valence-electron chi connectivity index (χ1n) is 8.89. The van der Waals surface area contributed by atoms with Crippen molar-refractivity contribution >= 4 is 5.97 Å². The second kappa shape index (κ2) is 9.54. The number of hydrogen-bond acceptors (Lipinski definition) is 6. The summed E-state index contributed by atoms with van der Waals surface area (Å²) in [5.74, 6) is -0.331. The van der Waals surface area contributed by atoms with Gasteiger partial charge in [0.1, 0.15) is 0 Å². The molecule has 0 aliphatic carbocycles. The Morgan fingerprint density at radius 1 is 0.852 bits per heavy atom. The molecule has 138 valence electrons. The summed E-state index contributed by atoms with van der Waals surface area (Å²) in [5.41, 5.74) is 3.25. The fourth-order valence-corrected chi connectivity index (χ4v) is 2.74. The Bertz CT molecular complexity index is 815. The number of rotatable bonds is 8. The van der Waals surface area contributed by atoms with Gasteiger partial charge in [0.2, 0.25) is 0 Å². The second-order valence-electron chi connectivity index (χ2n) is 6.04. The molecular formula is C21H22N4O2. The lowest BCUT2D eigenvalue weighted by Gasteiger charge is -2.21. The molecule has 0 saturated heterocycles. The van der Waals surface area contributed by atoms with Crippen LogP contribution in [0.2, 0.25) is 0 Å². The van der Waals surface area contributed by atoms with Gasteiger partial charge in [-0.05, 0) is 43.3 Å². The van der Waals surface area contributed by atoms with E-state index in [-0.39, 0.29) is 5.97 Å². The monoisotopic (exact) mass is 362 g/mol. The second-order valence-corrected chi connectivity index (χ2v) is 6.04. The molecule has 0 atom stereocenters. The van der Waals surface area contributed by atoms with E-state index in [1.54, 1.807) is 37.6 Å². The van der Waals surface area contributed by atoms with Crippen molar-refractivity contribution < 1.29 is 9.53 Å². The molecule has 0 aromatic carbocycles. The van der Waals surface area contributed by atoms with E-state index in [1.807, 2.05) is 36.4 Å². The summed E-state index contributed by atoms with van der Waals surface area (Å²) in [6.07, 6.45) is 5.21. The lowest BCUT2D eigenvalue weighted by molar-refractivity contribution is 0.0526. The predicted molar refractivity (Wildman–Crippen MR) is 102 cm³/mol. The molecular weight excluding hydrogens is 340 g/mol. The van der Waals surface area contributed by atoms with Crippen molar-refractivity contribution in [3.05, 3.63) is 89.8 Å². The van der Waals surface area contributed by atoms with Crippen LogP contribution < -0.4 is 0 Å². The molecule has 3 heterocycles. The highest BCUT2D eigenvalue weighted by atomic mass is 16.5. The molecule has 3 aromatic heterocycles. The molecule has 6 heteroatoms. The van der Waals surface area contributed by atoms with Crippen molar-refractivity contribution in [2.45, 2.75) is 26.6 Å². The fraction of sp³-hybridized carbons (Fsp3) is 0.238. The van der Waals surface area contributed by atoms with Gasteiger partial charge in [-0.25, -0.2) is 4.79 Å². The van der Waals surface area contributed by atoms with Crippen LogP contribution in [0.1, 0.15) is 34.4 Å². The third kappa shape index (κ3) is 5.69. The fourth-order valence-electron chi connectivity index (χ4n) is 2.74. The topological polar surface area (TPSA) is 68.2 Å². The minimum atomic E-state index is -0.331. The minimum Gasteiger partial charge on any atom is -0.462 e. The van der Waals surface area contributed by atoms with Gasteiger partial charge in [-0.2, -0.15) is 0 Å². The molecule has 6 nitrogen and oxygen atoms in total. The Labute approximate surface area is 158 Å². The maximum Gasteiger partial charge on any atom is 0.338 e. The van der Waals surface area contributed by atoms with Gasteiger partial charge < -0.3 is 4.74 Å². The van der Waals surface area contributed by atoms with E-state index in [9.17, 15) is 4.79 Å². The Balaban J connectivity index is 1.78. The number of esters is 1. The molecule has 0 amide bonds. The maximum absolute atomic E-state index is 12.0. The molecule has 0 spiro atoms. The molecule has 0 unspecified atom stereocenters. The maximum atomic E-state index is 12.0. The first-order valence-corrected chi connectivity index (χ1v) is 8.89. The number of ether oxygens (including phenoxy) is 1. The SMILES string of the molecule is CCOC(=O)c1ccnc(CN(Cc2ccccn2)Cc2ccccn2)c1. The first kappa shape index (κ1) is 18.7. The van der Waals surface area contributed by atoms with Crippen LogP contribution in [-0.2, 0) is 24.4 Å². The van der Waals surface area contributed by atoms with Crippen LogP contribution in [0.4, 0.5) is 0 Å². The quantitative estimate of drug-likeness (QED) is 0.573. The van der Waals surface area contributed by atoms with Gasteiger partial charge in [0.05, 0.1) is 29.3 Å². The van der Waals surface area contributed by atoms with E-state index < -0.39 is 0 Å². The van der Waals surface area contributed by atoms with E-state index in [4.69, 9.17) is 4.74 Å². The summed E-state index contributed by atoms with van der Waals surface area (Å²) in [7, 11) is 0. The largest absolute Gasteiger partial charge is 0.462 e. The molecule has 27 heavy (non-hydrogen) atoms. The van der Waals surface area contributed by atoms with Gasteiger partial charge in [0, 0.05) is 38.2 Å². The molecule has 3 rings (SSSR count). The summed E-state index contributed by atoms with van der Waals surface area (Å²) in [5, 5.41) is 0. The van der Waals surface area contributed by atoms with E-state index in [0.717, 1.165) is 17.1 Å². The molecule has 0 aliphatic rings. The number of pyridine rings is 3. The highest BCUT2D eigenvalue weighted by Crippen LogP contribution is 2.12. The Morgan fingerprint density at radius 3 is 2.00 bits per heavy atom. The Hall–Kier alpha value is -3.12. The summed E-state index contributed by atoms with van der Waals surface area (Å²) < 4.78 is 5.08. The summed E-state index contributed by atoms with van der Waals surface area (Å²) in [6, 6.07) is 15.2. The third-order valence-corrected chi connectivity index (χ3v) is 3.94. The summed E-state index contributed by atoms with van der Waals surface area (Å²) in [4.78, 5) is 27.4. The van der Waals surface area contributed by atoms with Crippen LogP contribution >= 0.6 is 0 Å². The van der Waals surface area contributed by atoms with Crippen LogP contribution in [0, 0.1) is 0 Å². The van der Waals surface area contributed by atoms with Crippen molar-refractivity contribution in [1.82, 2.24) is 19.9 Å². The Morgan fingerprint density at radius 2 is 1.44 bits per heavy atom. The van der Waals surface area contributed by atoms with Gasteiger partial charge in [-0.15, -0.1) is 0 Å². The van der Waals surface area contributed by atoms with Crippen LogP contribution in [0.5, 0.6) is 0 Å². The van der Waals surface area contributed by atoms with E-state index in [0.29, 0.717) is 31.8 Å². The van der Waals surface area contributed by atoms with E-state index in [2.05, 4.69) is 19.9 Å².